The lowest BCUT2D eigenvalue weighted by Gasteiger charge is -2.15. The van der Waals surface area contributed by atoms with Crippen LogP contribution in [0.15, 0.2) is 18.2 Å². The molecule has 0 saturated carbocycles. The van der Waals surface area contributed by atoms with Gasteiger partial charge in [0, 0.05) is 13.0 Å². The number of carbonyl (C=O) groups is 1. The minimum absolute atomic E-state index is 0.0243. The fraction of sp³-hybridized carbons (Fsp3) is 0.417. The van der Waals surface area contributed by atoms with Crippen molar-refractivity contribution in [2.75, 3.05) is 19.6 Å². The Morgan fingerprint density at radius 1 is 1.59 bits per heavy atom. The van der Waals surface area contributed by atoms with Gasteiger partial charge in [-0.1, -0.05) is 12.1 Å². The van der Waals surface area contributed by atoms with Crippen LogP contribution >= 0.6 is 11.6 Å². The van der Waals surface area contributed by atoms with Crippen molar-refractivity contribution in [2.24, 2.45) is 0 Å². The summed E-state index contributed by atoms with van der Waals surface area (Å²) in [5, 5.41) is 2.62. The average Bonchev–Trinajstić information content (AvgIpc) is 2.31. The Balaban J connectivity index is 2.79. The number of methoxy groups -OCH3 is 1. The van der Waals surface area contributed by atoms with Gasteiger partial charge in [-0.25, -0.2) is 4.39 Å². The maximum Gasteiger partial charge on any atom is 0.254 e. The van der Waals surface area contributed by atoms with Crippen molar-refractivity contribution in [1.82, 2.24) is 5.32 Å². The molecular formula is C12H15ClFNO2. The maximum atomic E-state index is 13.7. The first-order chi connectivity index (χ1) is 8.10. The topological polar surface area (TPSA) is 38.3 Å². The number of alkyl halides is 1. The van der Waals surface area contributed by atoms with Crippen LogP contribution in [0, 0.1) is 12.7 Å². The number of halogens is 2. The molecule has 0 aliphatic heterocycles. The zero-order valence-corrected chi connectivity index (χ0v) is 10.6. The number of amides is 1. The van der Waals surface area contributed by atoms with Gasteiger partial charge in [-0.3, -0.25) is 4.79 Å². The van der Waals surface area contributed by atoms with E-state index >= 15 is 0 Å². The number of hydrogen-bond donors (Lipinski definition) is 1. The molecule has 17 heavy (non-hydrogen) atoms. The van der Waals surface area contributed by atoms with Crippen molar-refractivity contribution >= 4 is 17.5 Å². The number of rotatable bonds is 5. The smallest absolute Gasteiger partial charge is 0.254 e. The summed E-state index contributed by atoms with van der Waals surface area (Å²) in [6.07, 6.45) is 0. The molecule has 94 valence electrons. The summed E-state index contributed by atoms with van der Waals surface area (Å²) in [6, 6.07) is 4.36. The molecule has 0 saturated heterocycles. The van der Waals surface area contributed by atoms with Crippen LogP contribution < -0.4 is 5.32 Å². The van der Waals surface area contributed by atoms with E-state index in [0.29, 0.717) is 12.2 Å². The largest absolute Gasteiger partial charge is 0.383 e. The summed E-state index contributed by atoms with van der Waals surface area (Å²) in [5.74, 6) is -0.767. The van der Waals surface area contributed by atoms with E-state index in [9.17, 15) is 9.18 Å². The standard InChI is InChI=1S/C12H15ClFNO2/c1-8-4-3-5-10(11(8)14)12(16)15-9(6-13)7-17-2/h3-5,9H,6-7H2,1-2H3,(H,15,16). The van der Waals surface area contributed by atoms with E-state index in [4.69, 9.17) is 16.3 Å². The predicted octanol–water partition coefficient (Wildman–Crippen LogP) is 2.12. The molecule has 1 atom stereocenters. The lowest BCUT2D eigenvalue weighted by molar-refractivity contribution is 0.0902. The number of carbonyl (C=O) groups excluding carboxylic acids is 1. The highest BCUT2D eigenvalue weighted by atomic mass is 35.5. The maximum absolute atomic E-state index is 13.7. The van der Waals surface area contributed by atoms with Crippen LogP contribution in [0.25, 0.3) is 0 Å². The minimum atomic E-state index is -0.504. The van der Waals surface area contributed by atoms with Crippen molar-refractivity contribution < 1.29 is 13.9 Å². The Bertz CT molecular complexity index is 398. The van der Waals surface area contributed by atoms with Crippen LogP contribution in [0.4, 0.5) is 4.39 Å². The molecule has 1 aromatic carbocycles. The Kier molecular flexibility index (Phi) is 5.38. The molecule has 1 unspecified atom stereocenters. The molecule has 5 heteroatoms. The van der Waals surface area contributed by atoms with Gasteiger partial charge in [-0.2, -0.15) is 0 Å². The van der Waals surface area contributed by atoms with Gasteiger partial charge >= 0.3 is 0 Å². The van der Waals surface area contributed by atoms with Gasteiger partial charge in [-0.15, -0.1) is 11.6 Å². The quantitative estimate of drug-likeness (QED) is 0.823. The molecule has 0 radical (unpaired) electrons. The Hall–Kier alpha value is -1.13. The van der Waals surface area contributed by atoms with Crippen LogP contribution in [-0.2, 0) is 4.74 Å². The van der Waals surface area contributed by atoms with Crippen molar-refractivity contribution in [3.63, 3.8) is 0 Å². The zero-order chi connectivity index (χ0) is 12.8. The van der Waals surface area contributed by atoms with E-state index in [1.165, 1.54) is 13.2 Å². The lowest BCUT2D eigenvalue weighted by atomic mass is 10.1. The molecule has 1 aromatic rings. The molecule has 1 N–H and O–H groups in total. The molecule has 0 spiro atoms. The highest BCUT2D eigenvalue weighted by molar-refractivity contribution is 6.18. The summed E-state index contributed by atoms with van der Waals surface area (Å²) in [6.45, 7) is 1.91. The predicted molar refractivity (Wildman–Crippen MR) is 65.0 cm³/mol. The van der Waals surface area contributed by atoms with Crippen LogP contribution in [0.3, 0.4) is 0 Å². The fourth-order valence-corrected chi connectivity index (χ4v) is 1.58. The van der Waals surface area contributed by atoms with Gasteiger partial charge < -0.3 is 10.1 Å². The monoisotopic (exact) mass is 259 g/mol. The molecular weight excluding hydrogens is 245 g/mol. The van der Waals surface area contributed by atoms with E-state index in [2.05, 4.69) is 5.32 Å². The summed E-state index contributed by atoms with van der Waals surface area (Å²) >= 11 is 5.66. The average molecular weight is 260 g/mol. The van der Waals surface area contributed by atoms with Crippen LogP contribution in [0.1, 0.15) is 15.9 Å². The SMILES string of the molecule is COCC(CCl)NC(=O)c1cccc(C)c1F. The zero-order valence-electron chi connectivity index (χ0n) is 9.80. The molecule has 0 bridgehead atoms. The highest BCUT2D eigenvalue weighted by Gasteiger charge is 2.16. The van der Waals surface area contributed by atoms with E-state index in [1.54, 1.807) is 19.1 Å². The molecule has 0 fully saturated rings. The third-order valence-electron chi connectivity index (χ3n) is 2.33. The van der Waals surface area contributed by atoms with Crippen LogP contribution in [0.2, 0.25) is 0 Å². The Morgan fingerprint density at radius 2 is 2.29 bits per heavy atom. The number of hydrogen-bond acceptors (Lipinski definition) is 2. The third-order valence-corrected chi connectivity index (χ3v) is 2.70. The second-order valence-electron chi connectivity index (χ2n) is 3.72. The van der Waals surface area contributed by atoms with E-state index < -0.39 is 11.7 Å². The summed E-state index contributed by atoms with van der Waals surface area (Å²) in [7, 11) is 1.51. The number of ether oxygens (including phenoxy) is 1. The molecule has 0 aliphatic carbocycles. The Labute approximate surface area is 105 Å². The van der Waals surface area contributed by atoms with Crippen LogP contribution in [-0.4, -0.2) is 31.5 Å². The first kappa shape index (κ1) is 13.9. The molecule has 0 heterocycles. The molecule has 1 rings (SSSR count). The van der Waals surface area contributed by atoms with Crippen molar-refractivity contribution in [2.45, 2.75) is 13.0 Å². The van der Waals surface area contributed by atoms with Crippen molar-refractivity contribution in [3.05, 3.63) is 35.1 Å². The fourth-order valence-electron chi connectivity index (χ4n) is 1.41. The van der Waals surface area contributed by atoms with E-state index in [1.807, 2.05) is 0 Å². The first-order valence-corrected chi connectivity index (χ1v) is 5.74. The normalized spacial score (nSPS) is 12.2. The highest BCUT2D eigenvalue weighted by Crippen LogP contribution is 2.11. The first-order valence-electron chi connectivity index (χ1n) is 5.21. The van der Waals surface area contributed by atoms with E-state index in [-0.39, 0.29) is 17.5 Å². The number of benzene rings is 1. The van der Waals surface area contributed by atoms with Gasteiger partial charge in [0.15, 0.2) is 0 Å². The van der Waals surface area contributed by atoms with Crippen molar-refractivity contribution in [3.8, 4) is 0 Å². The molecule has 0 aliphatic rings. The van der Waals surface area contributed by atoms with Gasteiger partial charge in [-0.05, 0) is 18.6 Å². The number of aryl methyl sites for hydroxylation is 1. The third kappa shape index (κ3) is 3.68. The summed E-state index contributed by atoms with van der Waals surface area (Å²) in [5.41, 5.74) is 0.461. The second kappa shape index (κ2) is 6.57. The lowest BCUT2D eigenvalue weighted by Crippen LogP contribution is -2.39. The van der Waals surface area contributed by atoms with Gasteiger partial charge in [0.2, 0.25) is 0 Å². The summed E-state index contributed by atoms with van der Waals surface area (Å²) < 4.78 is 18.6. The van der Waals surface area contributed by atoms with E-state index in [0.717, 1.165) is 0 Å². The van der Waals surface area contributed by atoms with Crippen molar-refractivity contribution in [1.29, 1.82) is 0 Å². The Morgan fingerprint density at radius 3 is 2.88 bits per heavy atom. The molecule has 3 nitrogen and oxygen atoms in total. The van der Waals surface area contributed by atoms with Gasteiger partial charge in [0.25, 0.3) is 5.91 Å². The molecule has 0 aromatic heterocycles. The molecule has 1 amide bonds. The second-order valence-corrected chi connectivity index (χ2v) is 4.03. The summed E-state index contributed by atoms with van der Waals surface area (Å²) in [4.78, 5) is 11.8. The van der Waals surface area contributed by atoms with Gasteiger partial charge in [0.05, 0.1) is 18.2 Å². The van der Waals surface area contributed by atoms with Crippen LogP contribution in [0.5, 0.6) is 0 Å². The van der Waals surface area contributed by atoms with Gasteiger partial charge in [0.1, 0.15) is 5.82 Å². The number of nitrogens with one attached hydrogen (secondary N) is 1. The minimum Gasteiger partial charge on any atom is -0.383 e.